The lowest BCUT2D eigenvalue weighted by atomic mass is 10.1. The van der Waals surface area contributed by atoms with Gasteiger partial charge in [0.2, 0.25) is 5.78 Å². The highest BCUT2D eigenvalue weighted by atomic mass is 16.5. The maximum Gasteiger partial charge on any atom is 0.338 e. The molecule has 3 aromatic carbocycles. The number of Topliss-reactive ketones (excluding diaryl/α,β-unsaturated/α-hetero) is 1. The molecule has 0 heterocycles. The van der Waals surface area contributed by atoms with E-state index in [2.05, 4.69) is 5.32 Å². The summed E-state index contributed by atoms with van der Waals surface area (Å²) < 4.78 is 5.30. The SMILES string of the molecule is Cc1ccc(C(=O)C(C)OC(=O)c2ccc(NC(=O)c3ccccc3)cc2)cc1. The fraction of sp³-hybridized carbons (Fsp3) is 0.125. The Morgan fingerprint density at radius 3 is 1.97 bits per heavy atom. The van der Waals surface area contributed by atoms with Crippen molar-refractivity contribution in [1.29, 1.82) is 0 Å². The quantitative estimate of drug-likeness (QED) is 0.493. The number of carbonyl (C=O) groups is 3. The molecule has 5 heteroatoms. The van der Waals surface area contributed by atoms with Crippen LogP contribution in [0.3, 0.4) is 0 Å². The van der Waals surface area contributed by atoms with Crippen molar-refractivity contribution >= 4 is 23.3 Å². The Balaban J connectivity index is 1.60. The van der Waals surface area contributed by atoms with Gasteiger partial charge in [-0.25, -0.2) is 4.79 Å². The van der Waals surface area contributed by atoms with Crippen molar-refractivity contribution in [3.8, 4) is 0 Å². The second kappa shape index (κ2) is 8.97. The summed E-state index contributed by atoms with van der Waals surface area (Å²) in [5, 5.41) is 2.76. The Bertz CT molecular complexity index is 1010. The number of hydrogen-bond acceptors (Lipinski definition) is 4. The number of amides is 1. The summed E-state index contributed by atoms with van der Waals surface area (Å²) in [6, 6.07) is 22.3. The van der Waals surface area contributed by atoms with Gasteiger partial charge in [-0.3, -0.25) is 9.59 Å². The number of benzene rings is 3. The standard InChI is InChI=1S/C24H21NO4/c1-16-8-10-18(11-9-16)22(26)17(2)29-24(28)20-12-14-21(15-13-20)25-23(27)19-6-4-3-5-7-19/h3-15,17H,1-2H3,(H,25,27). The number of esters is 1. The molecule has 0 aliphatic carbocycles. The highest BCUT2D eigenvalue weighted by Gasteiger charge is 2.20. The van der Waals surface area contributed by atoms with Gasteiger partial charge in [0.25, 0.3) is 5.91 Å². The molecule has 5 nitrogen and oxygen atoms in total. The van der Waals surface area contributed by atoms with Gasteiger partial charge in [-0.15, -0.1) is 0 Å². The topological polar surface area (TPSA) is 72.5 Å². The van der Waals surface area contributed by atoms with Crippen molar-refractivity contribution in [1.82, 2.24) is 0 Å². The molecule has 1 unspecified atom stereocenters. The van der Waals surface area contributed by atoms with E-state index in [0.717, 1.165) is 5.56 Å². The predicted octanol–water partition coefficient (Wildman–Crippen LogP) is 4.68. The molecule has 1 N–H and O–H groups in total. The number of ketones is 1. The van der Waals surface area contributed by atoms with Crippen LogP contribution in [0.2, 0.25) is 0 Å². The lowest BCUT2D eigenvalue weighted by Gasteiger charge is -2.13. The van der Waals surface area contributed by atoms with E-state index in [1.54, 1.807) is 67.6 Å². The fourth-order valence-electron chi connectivity index (χ4n) is 2.72. The third-order valence-electron chi connectivity index (χ3n) is 4.40. The molecule has 3 rings (SSSR count). The Morgan fingerprint density at radius 1 is 0.759 bits per heavy atom. The summed E-state index contributed by atoms with van der Waals surface area (Å²) in [5.41, 5.74) is 2.94. The van der Waals surface area contributed by atoms with Gasteiger partial charge in [0, 0.05) is 16.8 Å². The molecule has 0 bridgehead atoms. The van der Waals surface area contributed by atoms with Gasteiger partial charge in [0.05, 0.1) is 5.56 Å². The van der Waals surface area contributed by atoms with E-state index in [4.69, 9.17) is 4.74 Å². The van der Waals surface area contributed by atoms with Crippen molar-refractivity contribution in [2.75, 3.05) is 5.32 Å². The van der Waals surface area contributed by atoms with Gasteiger partial charge in [0.15, 0.2) is 6.10 Å². The van der Waals surface area contributed by atoms with Gasteiger partial charge < -0.3 is 10.1 Å². The van der Waals surface area contributed by atoms with Crippen molar-refractivity contribution < 1.29 is 19.1 Å². The second-order valence-corrected chi connectivity index (χ2v) is 6.68. The Morgan fingerprint density at radius 2 is 1.34 bits per heavy atom. The third kappa shape index (κ3) is 5.17. The monoisotopic (exact) mass is 387 g/mol. The maximum absolute atomic E-state index is 12.4. The van der Waals surface area contributed by atoms with E-state index >= 15 is 0 Å². The number of anilines is 1. The molecule has 0 spiro atoms. The summed E-state index contributed by atoms with van der Waals surface area (Å²) in [6.45, 7) is 3.48. The number of ether oxygens (including phenoxy) is 1. The minimum Gasteiger partial charge on any atom is -0.451 e. The molecular formula is C24H21NO4. The number of rotatable bonds is 6. The maximum atomic E-state index is 12.4. The zero-order valence-corrected chi connectivity index (χ0v) is 16.2. The van der Waals surface area contributed by atoms with Crippen LogP contribution in [-0.4, -0.2) is 23.8 Å². The van der Waals surface area contributed by atoms with E-state index in [9.17, 15) is 14.4 Å². The molecule has 0 aromatic heterocycles. The van der Waals surface area contributed by atoms with Gasteiger partial charge >= 0.3 is 5.97 Å². The average Bonchev–Trinajstić information content (AvgIpc) is 2.74. The molecule has 0 saturated heterocycles. The van der Waals surface area contributed by atoms with Crippen LogP contribution >= 0.6 is 0 Å². The molecule has 1 atom stereocenters. The highest BCUT2D eigenvalue weighted by molar-refractivity contribution is 6.04. The highest BCUT2D eigenvalue weighted by Crippen LogP contribution is 2.14. The van der Waals surface area contributed by atoms with E-state index in [0.29, 0.717) is 22.4 Å². The van der Waals surface area contributed by atoms with Crippen LogP contribution in [0.5, 0.6) is 0 Å². The van der Waals surface area contributed by atoms with Crippen molar-refractivity contribution in [3.05, 3.63) is 101 Å². The van der Waals surface area contributed by atoms with Crippen LogP contribution in [0.15, 0.2) is 78.9 Å². The smallest absolute Gasteiger partial charge is 0.338 e. The van der Waals surface area contributed by atoms with Crippen LogP contribution in [0.25, 0.3) is 0 Å². The summed E-state index contributed by atoms with van der Waals surface area (Å²) in [4.78, 5) is 36.9. The largest absolute Gasteiger partial charge is 0.451 e. The molecule has 146 valence electrons. The van der Waals surface area contributed by atoms with Gasteiger partial charge in [-0.05, 0) is 50.2 Å². The van der Waals surface area contributed by atoms with Crippen LogP contribution in [0, 0.1) is 6.92 Å². The number of nitrogens with one attached hydrogen (secondary N) is 1. The summed E-state index contributed by atoms with van der Waals surface area (Å²) in [7, 11) is 0. The van der Waals surface area contributed by atoms with E-state index in [-0.39, 0.29) is 11.7 Å². The Labute approximate surface area is 169 Å². The first kappa shape index (κ1) is 20.0. The summed E-state index contributed by atoms with van der Waals surface area (Å²) >= 11 is 0. The minimum atomic E-state index is -0.900. The number of hydrogen-bond donors (Lipinski definition) is 1. The van der Waals surface area contributed by atoms with Gasteiger partial charge in [-0.2, -0.15) is 0 Å². The average molecular weight is 387 g/mol. The number of aryl methyl sites for hydroxylation is 1. The molecule has 29 heavy (non-hydrogen) atoms. The van der Waals surface area contributed by atoms with Crippen LogP contribution in [-0.2, 0) is 4.74 Å². The molecule has 3 aromatic rings. The van der Waals surface area contributed by atoms with Crippen molar-refractivity contribution in [2.24, 2.45) is 0 Å². The molecule has 0 saturated carbocycles. The summed E-state index contributed by atoms with van der Waals surface area (Å²) in [6.07, 6.45) is -0.900. The Kier molecular flexibility index (Phi) is 6.19. The Hall–Kier alpha value is -3.73. The molecule has 1 amide bonds. The van der Waals surface area contributed by atoms with Crippen LogP contribution in [0.1, 0.15) is 43.6 Å². The number of carbonyl (C=O) groups excluding carboxylic acids is 3. The minimum absolute atomic E-state index is 0.238. The zero-order valence-electron chi connectivity index (χ0n) is 16.2. The lowest BCUT2D eigenvalue weighted by molar-refractivity contribution is 0.0319. The first-order chi connectivity index (χ1) is 13.9. The van der Waals surface area contributed by atoms with E-state index in [1.165, 1.54) is 0 Å². The van der Waals surface area contributed by atoms with Crippen molar-refractivity contribution in [3.63, 3.8) is 0 Å². The molecule has 0 radical (unpaired) electrons. The third-order valence-corrected chi connectivity index (χ3v) is 4.40. The zero-order chi connectivity index (χ0) is 20.8. The van der Waals surface area contributed by atoms with Gasteiger partial charge in [-0.1, -0.05) is 48.0 Å². The molecule has 0 fully saturated rings. The van der Waals surface area contributed by atoms with E-state index < -0.39 is 12.1 Å². The van der Waals surface area contributed by atoms with Crippen LogP contribution < -0.4 is 5.32 Å². The predicted molar refractivity (Wildman–Crippen MR) is 111 cm³/mol. The first-order valence-corrected chi connectivity index (χ1v) is 9.22. The second-order valence-electron chi connectivity index (χ2n) is 6.68. The summed E-state index contributed by atoms with van der Waals surface area (Å²) in [5.74, 6) is -1.10. The van der Waals surface area contributed by atoms with E-state index in [1.807, 2.05) is 25.1 Å². The van der Waals surface area contributed by atoms with Gasteiger partial charge in [0.1, 0.15) is 0 Å². The normalized spacial score (nSPS) is 11.4. The molecule has 0 aliphatic heterocycles. The molecule has 0 aliphatic rings. The fourth-order valence-corrected chi connectivity index (χ4v) is 2.72. The van der Waals surface area contributed by atoms with Crippen LogP contribution in [0.4, 0.5) is 5.69 Å². The lowest BCUT2D eigenvalue weighted by Crippen LogP contribution is -2.24. The molecular weight excluding hydrogens is 366 g/mol. The van der Waals surface area contributed by atoms with Crippen molar-refractivity contribution in [2.45, 2.75) is 20.0 Å². The first-order valence-electron chi connectivity index (χ1n) is 9.22.